The fourth-order valence-electron chi connectivity index (χ4n) is 1.35. The second-order valence-electron chi connectivity index (χ2n) is 4.03. The smallest absolute Gasteiger partial charge is 0.339 e. The number of thioether (sulfide) groups is 1. The van der Waals surface area contributed by atoms with Crippen LogP contribution < -0.4 is 10.5 Å². The van der Waals surface area contributed by atoms with Gasteiger partial charge in [0.1, 0.15) is 11.3 Å². The summed E-state index contributed by atoms with van der Waals surface area (Å²) >= 11 is 1.76. The lowest BCUT2D eigenvalue weighted by atomic mass is 10.2. The van der Waals surface area contributed by atoms with E-state index in [2.05, 4.69) is 0 Å². The third-order valence-electron chi connectivity index (χ3n) is 2.32. The van der Waals surface area contributed by atoms with Crippen LogP contribution in [0.25, 0.3) is 0 Å². The van der Waals surface area contributed by atoms with Gasteiger partial charge in [-0.1, -0.05) is 12.1 Å². The van der Waals surface area contributed by atoms with Gasteiger partial charge in [-0.15, -0.1) is 0 Å². The zero-order valence-electron chi connectivity index (χ0n) is 10.5. The third kappa shape index (κ3) is 5.42. The molecule has 0 saturated heterocycles. The summed E-state index contributed by atoms with van der Waals surface area (Å²) in [6, 6.07) is 6.90. The molecule has 0 saturated carbocycles. The second kappa shape index (κ2) is 8.00. The second-order valence-corrected chi connectivity index (χ2v) is 5.25. The van der Waals surface area contributed by atoms with Crippen molar-refractivity contribution in [2.75, 3.05) is 18.1 Å². The quantitative estimate of drug-likeness (QED) is 0.708. The number of rotatable bonds is 8. The fourth-order valence-corrected chi connectivity index (χ4v) is 2.29. The highest BCUT2D eigenvalue weighted by molar-refractivity contribution is 7.99. The summed E-state index contributed by atoms with van der Waals surface area (Å²) in [5.41, 5.74) is 5.85. The summed E-state index contributed by atoms with van der Waals surface area (Å²) in [5, 5.41) is 8.97. The molecule has 100 valence electrons. The Labute approximate surface area is 112 Å². The van der Waals surface area contributed by atoms with Crippen LogP contribution in [0.15, 0.2) is 24.3 Å². The highest BCUT2D eigenvalue weighted by Gasteiger charge is 2.09. The Balaban J connectivity index is 2.29. The molecule has 1 aromatic rings. The Bertz CT molecular complexity index is 382. The maximum absolute atomic E-state index is 10.9. The van der Waals surface area contributed by atoms with E-state index >= 15 is 0 Å². The Morgan fingerprint density at radius 3 is 2.83 bits per heavy atom. The van der Waals surface area contributed by atoms with Crippen LogP contribution in [0.4, 0.5) is 0 Å². The van der Waals surface area contributed by atoms with Gasteiger partial charge in [0.15, 0.2) is 0 Å². The van der Waals surface area contributed by atoms with E-state index in [0.717, 1.165) is 17.9 Å². The maximum Gasteiger partial charge on any atom is 0.339 e. The van der Waals surface area contributed by atoms with Crippen molar-refractivity contribution in [3.05, 3.63) is 29.8 Å². The number of para-hydroxylation sites is 1. The van der Waals surface area contributed by atoms with Crippen LogP contribution in [0.3, 0.4) is 0 Å². The number of nitrogens with two attached hydrogens (primary N) is 1. The van der Waals surface area contributed by atoms with Crippen LogP contribution >= 0.6 is 11.8 Å². The van der Waals surface area contributed by atoms with Crippen molar-refractivity contribution in [1.82, 2.24) is 0 Å². The van der Waals surface area contributed by atoms with Crippen LogP contribution in [0.1, 0.15) is 23.7 Å². The molecule has 0 aliphatic rings. The molecule has 0 aromatic heterocycles. The zero-order chi connectivity index (χ0) is 13.4. The van der Waals surface area contributed by atoms with Crippen molar-refractivity contribution in [3.8, 4) is 5.75 Å². The number of benzene rings is 1. The van der Waals surface area contributed by atoms with Crippen molar-refractivity contribution < 1.29 is 14.6 Å². The SMILES string of the molecule is CC(N)CCSCCOc1ccccc1C(=O)O. The first-order valence-corrected chi connectivity index (χ1v) is 7.05. The summed E-state index contributed by atoms with van der Waals surface area (Å²) < 4.78 is 5.47. The zero-order valence-corrected chi connectivity index (χ0v) is 11.3. The molecule has 1 rings (SSSR count). The Hall–Kier alpha value is -1.20. The van der Waals surface area contributed by atoms with E-state index in [1.54, 1.807) is 36.0 Å². The lowest BCUT2D eigenvalue weighted by molar-refractivity contribution is 0.0692. The van der Waals surface area contributed by atoms with Gasteiger partial charge in [-0.25, -0.2) is 4.79 Å². The number of carboxylic acid groups (broad SMARTS) is 1. The first-order valence-electron chi connectivity index (χ1n) is 5.89. The average Bonchev–Trinajstić information content (AvgIpc) is 2.33. The topological polar surface area (TPSA) is 72.5 Å². The summed E-state index contributed by atoms with van der Waals surface area (Å²) in [5.74, 6) is 1.30. The number of aromatic carboxylic acids is 1. The molecule has 1 aromatic carbocycles. The lowest BCUT2D eigenvalue weighted by Crippen LogP contribution is -2.15. The number of hydrogen-bond acceptors (Lipinski definition) is 4. The molecular weight excluding hydrogens is 250 g/mol. The summed E-state index contributed by atoms with van der Waals surface area (Å²) in [4.78, 5) is 10.9. The van der Waals surface area contributed by atoms with Gasteiger partial charge >= 0.3 is 5.97 Å². The van der Waals surface area contributed by atoms with Gasteiger partial charge < -0.3 is 15.6 Å². The summed E-state index contributed by atoms with van der Waals surface area (Å²) in [6.45, 7) is 2.49. The normalized spacial score (nSPS) is 12.1. The van der Waals surface area contributed by atoms with E-state index in [1.165, 1.54) is 0 Å². The Morgan fingerprint density at radius 2 is 2.17 bits per heavy atom. The molecule has 0 spiro atoms. The highest BCUT2D eigenvalue weighted by Crippen LogP contribution is 2.18. The molecular formula is C13H19NO3S. The minimum atomic E-state index is -0.963. The van der Waals surface area contributed by atoms with Gasteiger partial charge in [0.05, 0.1) is 6.61 Å². The molecule has 0 bridgehead atoms. The van der Waals surface area contributed by atoms with Crippen molar-refractivity contribution in [3.63, 3.8) is 0 Å². The molecule has 3 N–H and O–H groups in total. The Morgan fingerprint density at radius 1 is 1.44 bits per heavy atom. The number of ether oxygens (including phenoxy) is 1. The first kappa shape index (κ1) is 14.9. The maximum atomic E-state index is 10.9. The fraction of sp³-hybridized carbons (Fsp3) is 0.462. The van der Waals surface area contributed by atoms with Crippen LogP contribution in [0, 0.1) is 0 Å². The van der Waals surface area contributed by atoms with Gasteiger partial charge in [-0.2, -0.15) is 11.8 Å². The molecule has 0 heterocycles. The van der Waals surface area contributed by atoms with Crippen LogP contribution in [0.5, 0.6) is 5.75 Å². The minimum absolute atomic E-state index is 0.207. The molecule has 0 aliphatic heterocycles. The van der Waals surface area contributed by atoms with E-state index in [9.17, 15) is 4.79 Å². The van der Waals surface area contributed by atoms with Gasteiger partial charge in [-0.3, -0.25) is 0 Å². The van der Waals surface area contributed by atoms with Crippen LogP contribution in [0.2, 0.25) is 0 Å². The summed E-state index contributed by atoms with van der Waals surface area (Å²) in [6.07, 6.45) is 0.983. The molecule has 0 radical (unpaired) electrons. The van der Waals surface area contributed by atoms with E-state index < -0.39 is 5.97 Å². The first-order chi connectivity index (χ1) is 8.61. The molecule has 0 fully saturated rings. The number of hydrogen-bond donors (Lipinski definition) is 2. The van der Waals surface area contributed by atoms with Crippen LogP contribution in [-0.2, 0) is 0 Å². The highest BCUT2D eigenvalue weighted by atomic mass is 32.2. The lowest BCUT2D eigenvalue weighted by Gasteiger charge is -2.09. The van der Waals surface area contributed by atoms with Crippen LogP contribution in [-0.4, -0.2) is 35.2 Å². The average molecular weight is 269 g/mol. The number of carboxylic acids is 1. The van der Waals surface area contributed by atoms with E-state index in [4.69, 9.17) is 15.6 Å². The minimum Gasteiger partial charge on any atom is -0.492 e. The van der Waals surface area contributed by atoms with Gasteiger partial charge in [0.25, 0.3) is 0 Å². The molecule has 1 atom stereocenters. The van der Waals surface area contributed by atoms with E-state index in [1.807, 2.05) is 6.92 Å². The monoisotopic (exact) mass is 269 g/mol. The standard InChI is InChI=1S/C13H19NO3S/c1-10(14)6-8-18-9-7-17-12-5-3-2-4-11(12)13(15)16/h2-5,10H,6-9,14H2,1H3,(H,15,16). The van der Waals surface area contributed by atoms with Crippen molar-refractivity contribution in [2.24, 2.45) is 5.73 Å². The van der Waals surface area contributed by atoms with E-state index in [-0.39, 0.29) is 11.6 Å². The molecule has 1 unspecified atom stereocenters. The largest absolute Gasteiger partial charge is 0.492 e. The van der Waals surface area contributed by atoms with Crippen molar-refractivity contribution in [1.29, 1.82) is 0 Å². The predicted molar refractivity (Wildman–Crippen MR) is 74.5 cm³/mol. The Kier molecular flexibility index (Phi) is 6.60. The van der Waals surface area contributed by atoms with Gasteiger partial charge in [-0.05, 0) is 31.2 Å². The van der Waals surface area contributed by atoms with Crippen molar-refractivity contribution in [2.45, 2.75) is 19.4 Å². The molecule has 0 amide bonds. The van der Waals surface area contributed by atoms with E-state index in [0.29, 0.717) is 12.4 Å². The molecule has 5 heteroatoms. The van der Waals surface area contributed by atoms with Gasteiger partial charge in [0, 0.05) is 11.8 Å². The predicted octanol–water partition coefficient (Wildman–Crippen LogP) is 2.23. The molecule has 4 nitrogen and oxygen atoms in total. The third-order valence-corrected chi connectivity index (χ3v) is 3.30. The van der Waals surface area contributed by atoms with Crippen molar-refractivity contribution >= 4 is 17.7 Å². The summed E-state index contributed by atoms with van der Waals surface area (Å²) in [7, 11) is 0. The van der Waals surface area contributed by atoms with Gasteiger partial charge in [0.2, 0.25) is 0 Å². The number of carbonyl (C=O) groups is 1. The molecule has 18 heavy (non-hydrogen) atoms. The molecule has 0 aliphatic carbocycles.